The molecule has 0 saturated heterocycles. The number of nitrogens with one attached hydrogen (secondary N) is 1. The third-order valence-corrected chi connectivity index (χ3v) is 6.13. The highest BCUT2D eigenvalue weighted by molar-refractivity contribution is 7.89. The normalized spacial score (nSPS) is 11.9. The number of sulfonamides is 1. The van der Waals surface area contributed by atoms with E-state index in [2.05, 4.69) is 9.71 Å². The molecule has 0 aliphatic rings. The van der Waals surface area contributed by atoms with Crippen LogP contribution in [0.3, 0.4) is 0 Å². The van der Waals surface area contributed by atoms with Crippen molar-refractivity contribution in [3.63, 3.8) is 0 Å². The Labute approximate surface area is 185 Å². The first-order valence-electron chi connectivity index (χ1n) is 9.81. The van der Waals surface area contributed by atoms with Crippen molar-refractivity contribution >= 4 is 27.7 Å². The van der Waals surface area contributed by atoms with E-state index in [1.165, 1.54) is 24.5 Å². The Balaban J connectivity index is 1.32. The zero-order chi connectivity index (χ0) is 22.6. The van der Waals surface area contributed by atoms with Crippen LogP contribution in [0.25, 0.3) is 11.7 Å². The van der Waals surface area contributed by atoms with E-state index < -0.39 is 16.0 Å². The van der Waals surface area contributed by atoms with Gasteiger partial charge in [0, 0.05) is 18.5 Å². The van der Waals surface area contributed by atoms with Gasteiger partial charge >= 0.3 is 5.97 Å². The number of carbonyl (C=O) groups excluding carboxylic acids is 1. The van der Waals surface area contributed by atoms with Crippen molar-refractivity contribution in [3.05, 3.63) is 95.8 Å². The van der Waals surface area contributed by atoms with Crippen molar-refractivity contribution in [1.82, 2.24) is 14.1 Å². The summed E-state index contributed by atoms with van der Waals surface area (Å²) in [5, 5.41) is 0. The number of aryl methyl sites for hydroxylation is 1. The van der Waals surface area contributed by atoms with Crippen molar-refractivity contribution in [2.24, 2.45) is 0 Å². The molecule has 0 amide bonds. The number of fused-ring (bicyclic) bond motifs is 1. The molecular weight excluding hydrogens is 430 g/mol. The van der Waals surface area contributed by atoms with Gasteiger partial charge in [0.2, 0.25) is 10.0 Å². The van der Waals surface area contributed by atoms with E-state index in [0.29, 0.717) is 17.0 Å². The minimum Gasteiger partial charge on any atom is -0.468 e. The molecule has 0 bridgehead atoms. The number of hydrogen-bond donors (Lipinski definition) is 1. The van der Waals surface area contributed by atoms with E-state index in [1.807, 2.05) is 35.9 Å². The number of furan rings is 1. The number of nitrogens with zero attached hydrogens (tertiary/aromatic N) is 2. The fraction of sp³-hybridized carbons (Fsp3) is 0.130. The molecule has 9 heteroatoms. The molecule has 32 heavy (non-hydrogen) atoms. The lowest BCUT2D eigenvalue weighted by Gasteiger charge is -2.05. The molecule has 0 fully saturated rings. The number of ether oxygens (including phenoxy) is 1. The monoisotopic (exact) mass is 451 g/mol. The molecule has 1 N–H and O–H groups in total. The smallest absolute Gasteiger partial charge is 0.331 e. The van der Waals surface area contributed by atoms with Gasteiger partial charge in [0.1, 0.15) is 18.0 Å². The number of aromatic nitrogens is 2. The predicted molar refractivity (Wildman–Crippen MR) is 118 cm³/mol. The predicted octanol–water partition coefficient (Wildman–Crippen LogP) is 3.47. The standard InChI is InChI=1S/C23H21N3O5S/c1-17-4-2-12-26-15-19(25-23(17)26)16-31-22(27)11-8-18-6-9-21(10-7-18)32(28,29)24-14-20-5-3-13-30-20/h2-13,15,24H,14,16H2,1H3/b11-8+. The molecule has 1 aromatic carbocycles. The average Bonchev–Trinajstić information content (AvgIpc) is 3.46. The number of carbonyl (C=O) groups is 1. The molecule has 3 heterocycles. The molecule has 3 aromatic heterocycles. The summed E-state index contributed by atoms with van der Waals surface area (Å²) in [6, 6.07) is 13.4. The summed E-state index contributed by atoms with van der Waals surface area (Å²) >= 11 is 0. The number of imidazole rings is 1. The number of hydrogen-bond acceptors (Lipinski definition) is 6. The Kier molecular flexibility index (Phi) is 6.20. The number of esters is 1. The Morgan fingerprint density at radius 2 is 2.00 bits per heavy atom. The Hall–Kier alpha value is -3.69. The van der Waals surface area contributed by atoms with Crippen molar-refractivity contribution in [3.8, 4) is 0 Å². The highest BCUT2D eigenvalue weighted by Crippen LogP contribution is 2.13. The van der Waals surface area contributed by atoms with Gasteiger partial charge in [0.05, 0.1) is 23.4 Å². The third-order valence-electron chi connectivity index (χ3n) is 4.71. The van der Waals surface area contributed by atoms with Gasteiger partial charge in [0.25, 0.3) is 0 Å². The minimum atomic E-state index is -3.67. The van der Waals surface area contributed by atoms with Crippen LogP contribution in [0.1, 0.15) is 22.6 Å². The summed E-state index contributed by atoms with van der Waals surface area (Å²) in [5.41, 5.74) is 3.17. The highest BCUT2D eigenvalue weighted by atomic mass is 32.2. The van der Waals surface area contributed by atoms with Crippen LogP contribution in [-0.4, -0.2) is 23.8 Å². The molecule has 0 atom stereocenters. The van der Waals surface area contributed by atoms with Crippen LogP contribution in [0.5, 0.6) is 0 Å². The summed E-state index contributed by atoms with van der Waals surface area (Å²) < 4.78 is 39.4. The first kappa shape index (κ1) is 21.5. The van der Waals surface area contributed by atoms with E-state index in [1.54, 1.807) is 30.3 Å². The van der Waals surface area contributed by atoms with Crippen LogP contribution in [0.2, 0.25) is 0 Å². The van der Waals surface area contributed by atoms with Crippen molar-refractivity contribution in [2.45, 2.75) is 25.0 Å². The fourth-order valence-corrected chi connectivity index (χ4v) is 4.05. The molecular formula is C23H21N3O5S. The van der Waals surface area contributed by atoms with Crippen molar-refractivity contribution < 1.29 is 22.4 Å². The molecule has 0 spiro atoms. The lowest BCUT2D eigenvalue weighted by atomic mass is 10.2. The lowest BCUT2D eigenvalue weighted by Crippen LogP contribution is -2.22. The van der Waals surface area contributed by atoms with Gasteiger partial charge in [-0.25, -0.2) is 22.9 Å². The van der Waals surface area contributed by atoms with Gasteiger partial charge in [-0.3, -0.25) is 0 Å². The summed E-state index contributed by atoms with van der Waals surface area (Å²) in [5.74, 6) is 0.000933. The van der Waals surface area contributed by atoms with E-state index in [0.717, 1.165) is 11.2 Å². The summed E-state index contributed by atoms with van der Waals surface area (Å²) in [6.45, 7) is 2.09. The Morgan fingerprint density at radius 1 is 1.19 bits per heavy atom. The van der Waals surface area contributed by atoms with Gasteiger partial charge in [-0.2, -0.15) is 0 Å². The molecule has 8 nitrogen and oxygen atoms in total. The van der Waals surface area contributed by atoms with Crippen molar-refractivity contribution in [2.75, 3.05) is 0 Å². The maximum absolute atomic E-state index is 12.4. The maximum Gasteiger partial charge on any atom is 0.331 e. The Morgan fingerprint density at radius 3 is 2.72 bits per heavy atom. The van der Waals surface area contributed by atoms with Gasteiger partial charge in [-0.05, 0) is 54.5 Å². The first-order valence-corrected chi connectivity index (χ1v) is 11.3. The quantitative estimate of drug-likeness (QED) is 0.325. The molecule has 0 aliphatic carbocycles. The van der Waals surface area contributed by atoms with E-state index in [9.17, 15) is 13.2 Å². The molecule has 0 saturated carbocycles. The molecule has 0 unspecified atom stereocenters. The molecule has 0 radical (unpaired) electrons. The molecule has 0 aliphatic heterocycles. The molecule has 164 valence electrons. The van der Waals surface area contributed by atoms with Gasteiger partial charge in [0.15, 0.2) is 0 Å². The lowest BCUT2D eigenvalue weighted by molar-refractivity contribution is -0.139. The van der Waals surface area contributed by atoms with Crippen LogP contribution in [-0.2, 0) is 32.7 Å². The number of benzene rings is 1. The van der Waals surface area contributed by atoms with Crippen LogP contribution < -0.4 is 4.72 Å². The van der Waals surface area contributed by atoms with Gasteiger partial charge in [-0.1, -0.05) is 18.2 Å². The molecule has 4 aromatic rings. The van der Waals surface area contributed by atoms with Crippen LogP contribution >= 0.6 is 0 Å². The number of rotatable bonds is 8. The van der Waals surface area contributed by atoms with Crippen LogP contribution in [0.4, 0.5) is 0 Å². The SMILES string of the molecule is Cc1cccn2cc(COC(=O)/C=C/c3ccc(S(=O)(=O)NCc4ccco4)cc3)nc12. The zero-order valence-electron chi connectivity index (χ0n) is 17.3. The Bertz CT molecular complexity index is 1350. The average molecular weight is 452 g/mol. The van der Waals surface area contributed by atoms with Gasteiger partial charge in [-0.15, -0.1) is 0 Å². The van der Waals surface area contributed by atoms with E-state index >= 15 is 0 Å². The summed E-state index contributed by atoms with van der Waals surface area (Å²) in [4.78, 5) is 16.6. The topological polar surface area (TPSA) is 103 Å². The number of pyridine rings is 1. The first-order chi connectivity index (χ1) is 15.4. The highest BCUT2D eigenvalue weighted by Gasteiger charge is 2.14. The minimum absolute atomic E-state index is 0.0583. The third kappa shape index (κ3) is 5.13. The van der Waals surface area contributed by atoms with Crippen LogP contribution in [0, 0.1) is 6.92 Å². The fourth-order valence-electron chi connectivity index (χ4n) is 3.05. The van der Waals surface area contributed by atoms with E-state index in [4.69, 9.17) is 9.15 Å². The zero-order valence-corrected chi connectivity index (χ0v) is 18.1. The summed E-state index contributed by atoms with van der Waals surface area (Å²) in [7, 11) is -3.67. The van der Waals surface area contributed by atoms with E-state index in [-0.39, 0.29) is 18.0 Å². The second-order valence-corrected chi connectivity index (χ2v) is 8.84. The maximum atomic E-state index is 12.4. The van der Waals surface area contributed by atoms with Crippen LogP contribution in [0.15, 0.2) is 82.6 Å². The van der Waals surface area contributed by atoms with Crippen molar-refractivity contribution in [1.29, 1.82) is 0 Å². The van der Waals surface area contributed by atoms with Gasteiger partial charge < -0.3 is 13.6 Å². The second-order valence-electron chi connectivity index (χ2n) is 7.07. The molecule has 4 rings (SSSR count). The summed E-state index contributed by atoms with van der Waals surface area (Å²) in [6.07, 6.45) is 8.03. The largest absolute Gasteiger partial charge is 0.468 e. The second kappa shape index (κ2) is 9.21.